The van der Waals surface area contributed by atoms with Gasteiger partial charge in [-0.1, -0.05) is 0 Å². The summed E-state index contributed by atoms with van der Waals surface area (Å²) >= 11 is 0. The van der Waals surface area contributed by atoms with E-state index in [1.54, 1.807) is 0 Å². The molecular formula is C11H21N3O. The summed E-state index contributed by atoms with van der Waals surface area (Å²) in [5, 5.41) is 3.10. The fourth-order valence-corrected chi connectivity index (χ4v) is 2.54. The van der Waals surface area contributed by atoms with E-state index >= 15 is 0 Å². The van der Waals surface area contributed by atoms with Gasteiger partial charge in [-0.15, -0.1) is 0 Å². The Morgan fingerprint density at radius 3 is 2.60 bits per heavy atom. The molecule has 1 unspecified atom stereocenters. The van der Waals surface area contributed by atoms with Gasteiger partial charge in [-0.25, -0.2) is 4.79 Å². The first-order valence-corrected chi connectivity index (χ1v) is 6.07. The van der Waals surface area contributed by atoms with E-state index in [0.717, 1.165) is 51.6 Å². The number of carbonyl (C=O) groups excluding carboxylic acids is 1. The van der Waals surface area contributed by atoms with Crippen molar-refractivity contribution in [1.29, 1.82) is 0 Å². The third kappa shape index (κ3) is 2.84. The number of carbonyl (C=O) groups is 1. The van der Waals surface area contributed by atoms with Crippen molar-refractivity contribution >= 4 is 6.03 Å². The Morgan fingerprint density at radius 1 is 1.20 bits per heavy atom. The lowest BCUT2D eigenvalue weighted by atomic mass is 9.92. The Labute approximate surface area is 91.2 Å². The molecule has 0 aromatic heterocycles. The summed E-state index contributed by atoms with van der Waals surface area (Å²) < 4.78 is 0. The second-order valence-electron chi connectivity index (χ2n) is 4.77. The summed E-state index contributed by atoms with van der Waals surface area (Å²) in [6.45, 7) is 1.84. The summed E-state index contributed by atoms with van der Waals surface area (Å²) in [4.78, 5) is 13.7. The van der Waals surface area contributed by atoms with Crippen molar-refractivity contribution in [1.82, 2.24) is 10.2 Å². The van der Waals surface area contributed by atoms with Crippen LogP contribution >= 0.6 is 0 Å². The number of urea groups is 1. The number of hydrogen-bond acceptors (Lipinski definition) is 2. The molecular weight excluding hydrogens is 190 g/mol. The smallest absolute Gasteiger partial charge is 0.317 e. The van der Waals surface area contributed by atoms with Gasteiger partial charge in [-0.2, -0.15) is 0 Å². The van der Waals surface area contributed by atoms with E-state index in [1.807, 2.05) is 4.90 Å². The highest BCUT2D eigenvalue weighted by Crippen LogP contribution is 2.17. The Bertz CT molecular complexity index is 226. The maximum Gasteiger partial charge on any atom is 0.317 e. The molecule has 2 amide bonds. The second kappa shape index (κ2) is 4.84. The number of nitrogens with two attached hydrogens (primary N) is 1. The quantitative estimate of drug-likeness (QED) is 0.681. The highest BCUT2D eigenvalue weighted by atomic mass is 16.2. The lowest BCUT2D eigenvalue weighted by Gasteiger charge is -2.29. The van der Waals surface area contributed by atoms with Crippen LogP contribution in [0.4, 0.5) is 4.79 Å². The molecule has 1 heterocycles. The van der Waals surface area contributed by atoms with Crippen molar-refractivity contribution in [2.75, 3.05) is 13.1 Å². The van der Waals surface area contributed by atoms with E-state index in [0.29, 0.717) is 6.04 Å². The van der Waals surface area contributed by atoms with E-state index in [-0.39, 0.29) is 12.1 Å². The average Bonchev–Trinajstić information content (AvgIpc) is 2.70. The molecule has 4 heteroatoms. The van der Waals surface area contributed by atoms with Crippen LogP contribution < -0.4 is 11.1 Å². The van der Waals surface area contributed by atoms with E-state index in [9.17, 15) is 4.79 Å². The molecule has 0 aromatic rings. The Kier molecular flexibility index (Phi) is 3.46. The number of nitrogens with zero attached hydrogens (tertiary/aromatic N) is 1. The standard InChI is InChI=1S/C11H21N3O/c12-9-4-3-5-10(8-9)13-11(15)14-6-1-2-7-14/h9-10H,1-8,12H2,(H,13,15)/t9-,10?/m0/s1. The van der Waals surface area contributed by atoms with E-state index in [4.69, 9.17) is 5.73 Å². The average molecular weight is 211 g/mol. The first-order valence-electron chi connectivity index (χ1n) is 6.07. The van der Waals surface area contributed by atoms with Crippen LogP contribution in [0.5, 0.6) is 0 Å². The maximum absolute atomic E-state index is 11.8. The lowest BCUT2D eigenvalue weighted by Crippen LogP contribution is -2.47. The predicted octanol–water partition coefficient (Wildman–Crippen LogP) is 1.06. The number of nitrogens with one attached hydrogen (secondary N) is 1. The molecule has 0 aromatic carbocycles. The molecule has 2 atom stereocenters. The van der Waals surface area contributed by atoms with Crippen LogP contribution in [0.2, 0.25) is 0 Å². The van der Waals surface area contributed by atoms with Crippen molar-refractivity contribution in [3.8, 4) is 0 Å². The van der Waals surface area contributed by atoms with Gasteiger partial charge in [0.25, 0.3) is 0 Å². The fourth-order valence-electron chi connectivity index (χ4n) is 2.54. The molecule has 3 N–H and O–H groups in total. The van der Waals surface area contributed by atoms with Gasteiger partial charge in [-0.3, -0.25) is 0 Å². The van der Waals surface area contributed by atoms with Gasteiger partial charge in [0.15, 0.2) is 0 Å². The van der Waals surface area contributed by atoms with E-state index in [1.165, 1.54) is 0 Å². The minimum absolute atomic E-state index is 0.117. The molecule has 1 aliphatic carbocycles. The fraction of sp³-hybridized carbons (Fsp3) is 0.909. The van der Waals surface area contributed by atoms with Gasteiger partial charge < -0.3 is 16.0 Å². The predicted molar refractivity (Wildman–Crippen MR) is 59.6 cm³/mol. The summed E-state index contributed by atoms with van der Waals surface area (Å²) in [6, 6.07) is 0.705. The van der Waals surface area contributed by atoms with Gasteiger partial charge in [0.2, 0.25) is 0 Å². The Morgan fingerprint density at radius 2 is 1.93 bits per heavy atom. The summed E-state index contributed by atoms with van der Waals surface area (Å²) in [5.41, 5.74) is 5.89. The first-order chi connectivity index (χ1) is 7.25. The van der Waals surface area contributed by atoms with Gasteiger partial charge in [0.1, 0.15) is 0 Å². The summed E-state index contributed by atoms with van der Waals surface area (Å²) in [6.07, 6.45) is 6.59. The molecule has 0 radical (unpaired) electrons. The molecule has 1 saturated heterocycles. The van der Waals surface area contributed by atoms with Crippen LogP contribution in [-0.2, 0) is 0 Å². The van der Waals surface area contributed by atoms with Gasteiger partial charge in [0, 0.05) is 25.2 Å². The zero-order valence-electron chi connectivity index (χ0n) is 9.24. The van der Waals surface area contributed by atoms with Crippen LogP contribution in [0.25, 0.3) is 0 Å². The summed E-state index contributed by atoms with van der Waals surface area (Å²) in [7, 11) is 0. The zero-order valence-corrected chi connectivity index (χ0v) is 9.24. The monoisotopic (exact) mass is 211 g/mol. The normalized spacial score (nSPS) is 31.7. The molecule has 86 valence electrons. The van der Waals surface area contributed by atoms with Crippen molar-refractivity contribution in [2.45, 2.75) is 50.6 Å². The van der Waals surface area contributed by atoms with Crippen molar-refractivity contribution in [3.05, 3.63) is 0 Å². The van der Waals surface area contributed by atoms with E-state index < -0.39 is 0 Å². The third-order valence-corrected chi connectivity index (χ3v) is 3.44. The van der Waals surface area contributed by atoms with Crippen LogP contribution in [0.1, 0.15) is 38.5 Å². The second-order valence-corrected chi connectivity index (χ2v) is 4.77. The zero-order chi connectivity index (χ0) is 10.7. The highest BCUT2D eigenvalue weighted by molar-refractivity contribution is 5.74. The maximum atomic E-state index is 11.8. The highest BCUT2D eigenvalue weighted by Gasteiger charge is 2.24. The Balaban J connectivity index is 1.77. The van der Waals surface area contributed by atoms with Crippen LogP contribution in [-0.4, -0.2) is 36.1 Å². The lowest BCUT2D eigenvalue weighted by molar-refractivity contribution is 0.199. The molecule has 2 aliphatic rings. The minimum Gasteiger partial charge on any atom is -0.335 e. The molecule has 0 bridgehead atoms. The van der Waals surface area contributed by atoms with E-state index in [2.05, 4.69) is 5.32 Å². The minimum atomic E-state index is 0.117. The number of hydrogen-bond donors (Lipinski definition) is 2. The topological polar surface area (TPSA) is 58.4 Å². The molecule has 0 spiro atoms. The Hall–Kier alpha value is -0.770. The third-order valence-electron chi connectivity index (χ3n) is 3.44. The number of rotatable bonds is 1. The number of amides is 2. The van der Waals surface area contributed by atoms with Crippen LogP contribution in [0.15, 0.2) is 0 Å². The molecule has 15 heavy (non-hydrogen) atoms. The van der Waals surface area contributed by atoms with Crippen LogP contribution in [0, 0.1) is 0 Å². The molecule has 2 fully saturated rings. The molecule has 1 saturated carbocycles. The van der Waals surface area contributed by atoms with Gasteiger partial charge >= 0.3 is 6.03 Å². The van der Waals surface area contributed by atoms with Gasteiger partial charge in [-0.05, 0) is 38.5 Å². The van der Waals surface area contributed by atoms with Crippen molar-refractivity contribution in [2.24, 2.45) is 5.73 Å². The molecule has 1 aliphatic heterocycles. The SMILES string of the molecule is N[C@H]1CCCC(NC(=O)N2CCCC2)C1. The van der Waals surface area contributed by atoms with Crippen molar-refractivity contribution in [3.63, 3.8) is 0 Å². The van der Waals surface area contributed by atoms with Crippen LogP contribution in [0.3, 0.4) is 0 Å². The largest absolute Gasteiger partial charge is 0.335 e. The number of likely N-dealkylation sites (tertiary alicyclic amines) is 1. The summed E-state index contributed by atoms with van der Waals surface area (Å²) in [5.74, 6) is 0. The van der Waals surface area contributed by atoms with Gasteiger partial charge in [0.05, 0.1) is 0 Å². The first kappa shape index (κ1) is 10.7. The molecule has 4 nitrogen and oxygen atoms in total. The molecule has 2 rings (SSSR count). The van der Waals surface area contributed by atoms with Crippen molar-refractivity contribution < 1.29 is 4.79 Å².